The minimum absolute atomic E-state index is 0.213. The van der Waals surface area contributed by atoms with E-state index in [0.29, 0.717) is 16.5 Å². The standard InChI is InChI=1S/C18H18FNO3S/c1-10-6-7-13-14(8-10)24-17(15(13)18(22)23-2)20-16(21)11-4-3-5-12(19)9-11/h3-5,9-10H,6-8H2,1-2H3,(H,20,21)/t10-/m1/s1. The molecular weight excluding hydrogens is 329 g/mol. The third kappa shape index (κ3) is 3.19. The first-order valence-corrected chi connectivity index (χ1v) is 8.61. The summed E-state index contributed by atoms with van der Waals surface area (Å²) in [6.45, 7) is 2.17. The zero-order valence-corrected chi connectivity index (χ0v) is 14.3. The van der Waals surface area contributed by atoms with Crippen molar-refractivity contribution in [2.45, 2.75) is 26.2 Å². The van der Waals surface area contributed by atoms with Crippen LogP contribution >= 0.6 is 11.3 Å². The third-order valence-corrected chi connectivity index (χ3v) is 5.38. The Balaban J connectivity index is 1.95. The van der Waals surface area contributed by atoms with E-state index < -0.39 is 17.7 Å². The van der Waals surface area contributed by atoms with Gasteiger partial charge in [-0.1, -0.05) is 13.0 Å². The van der Waals surface area contributed by atoms with Gasteiger partial charge in [-0.25, -0.2) is 9.18 Å². The topological polar surface area (TPSA) is 55.4 Å². The maximum Gasteiger partial charge on any atom is 0.341 e. The maximum atomic E-state index is 13.3. The Hall–Kier alpha value is -2.21. The summed E-state index contributed by atoms with van der Waals surface area (Å²) in [7, 11) is 1.33. The Bertz CT molecular complexity index is 800. The van der Waals surface area contributed by atoms with Gasteiger partial charge in [0.2, 0.25) is 0 Å². The molecule has 1 aromatic heterocycles. The van der Waals surface area contributed by atoms with Crippen LogP contribution in [0, 0.1) is 11.7 Å². The maximum absolute atomic E-state index is 13.3. The molecule has 0 saturated carbocycles. The van der Waals surface area contributed by atoms with E-state index in [1.165, 1.54) is 42.7 Å². The molecule has 0 radical (unpaired) electrons. The molecule has 126 valence electrons. The molecule has 0 bridgehead atoms. The van der Waals surface area contributed by atoms with Crippen LogP contribution in [-0.4, -0.2) is 19.0 Å². The van der Waals surface area contributed by atoms with Crippen molar-refractivity contribution in [1.29, 1.82) is 0 Å². The second-order valence-corrected chi connectivity index (χ2v) is 7.12. The van der Waals surface area contributed by atoms with E-state index in [1.807, 2.05) is 0 Å². The van der Waals surface area contributed by atoms with Gasteiger partial charge in [0.1, 0.15) is 10.8 Å². The number of fused-ring (bicyclic) bond motifs is 1. The number of hydrogen-bond acceptors (Lipinski definition) is 4. The molecule has 24 heavy (non-hydrogen) atoms. The summed E-state index contributed by atoms with van der Waals surface area (Å²) in [5.74, 6) is -0.813. The minimum Gasteiger partial charge on any atom is -0.465 e. The highest BCUT2D eigenvalue weighted by molar-refractivity contribution is 7.17. The number of ether oxygens (including phenoxy) is 1. The van der Waals surface area contributed by atoms with Crippen LogP contribution in [-0.2, 0) is 17.6 Å². The fraction of sp³-hybridized carbons (Fsp3) is 0.333. The van der Waals surface area contributed by atoms with Gasteiger partial charge in [-0.05, 0) is 48.9 Å². The average molecular weight is 347 g/mol. The number of benzene rings is 1. The highest BCUT2D eigenvalue weighted by Crippen LogP contribution is 2.40. The largest absolute Gasteiger partial charge is 0.465 e. The number of carbonyl (C=O) groups is 2. The van der Waals surface area contributed by atoms with Crippen LogP contribution in [0.2, 0.25) is 0 Å². The number of esters is 1. The van der Waals surface area contributed by atoms with Crippen molar-refractivity contribution in [2.24, 2.45) is 5.92 Å². The van der Waals surface area contributed by atoms with Crippen LogP contribution in [0.15, 0.2) is 24.3 Å². The van der Waals surface area contributed by atoms with Crippen LogP contribution in [0.1, 0.15) is 44.5 Å². The highest BCUT2D eigenvalue weighted by atomic mass is 32.1. The van der Waals surface area contributed by atoms with E-state index in [-0.39, 0.29) is 5.56 Å². The summed E-state index contributed by atoms with van der Waals surface area (Å²) in [4.78, 5) is 25.7. The first kappa shape index (κ1) is 16.6. The first-order chi connectivity index (χ1) is 11.5. The van der Waals surface area contributed by atoms with E-state index >= 15 is 0 Å². The van der Waals surface area contributed by atoms with E-state index in [4.69, 9.17) is 4.74 Å². The van der Waals surface area contributed by atoms with Crippen molar-refractivity contribution in [3.05, 3.63) is 51.7 Å². The molecule has 4 nitrogen and oxygen atoms in total. The lowest BCUT2D eigenvalue weighted by molar-refractivity contribution is 0.0601. The zero-order chi connectivity index (χ0) is 17.3. The second-order valence-electron chi connectivity index (χ2n) is 6.01. The number of amides is 1. The molecule has 1 aromatic carbocycles. The number of thiophene rings is 1. The highest BCUT2D eigenvalue weighted by Gasteiger charge is 2.29. The fourth-order valence-corrected chi connectivity index (χ4v) is 4.36. The van der Waals surface area contributed by atoms with Gasteiger partial charge in [0, 0.05) is 10.4 Å². The minimum atomic E-state index is -0.477. The number of carbonyl (C=O) groups excluding carboxylic acids is 2. The van der Waals surface area contributed by atoms with E-state index in [9.17, 15) is 14.0 Å². The summed E-state index contributed by atoms with van der Waals surface area (Å²) in [5.41, 5.74) is 1.62. The van der Waals surface area contributed by atoms with E-state index in [2.05, 4.69) is 12.2 Å². The van der Waals surface area contributed by atoms with Crippen molar-refractivity contribution in [2.75, 3.05) is 12.4 Å². The molecule has 6 heteroatoms. The predicted molar refractivity (Wildman–Crippen MR) is 91.2 cm³/mol. The van der Waals surface area contributed by atoms with E-state index in [0.717, 1.165) is 29.7 Å². The molecule has 1 N–H and O–H groups in total. The van der Waals surface area contributed by atoms with Crippen LogP contribution in [0.4, 0.5) is 9.39 Å². The van der Waals surface area contributed by atoms with Gasteiger partial charge in [0.25, 0.3) is 5.91 Å². The SMILES string of the molecule is COC(=O)c1c(NC(=O)c2cccc(F)c2)sc2c1CC[C@@H](C)C2. The number of anilines is 1. The predicted octanol–water partition coefficient (Wildman–Crippen LogP) is 4.05. The van der Waals surface area contributed by atoms with Gasteiger partial charge in [-0.2, -0.15) is 0 Å². The summed E-state index contributed by atoms with van der Waals surface area (Å²) in [6, 6.07) is 5.46. The first-order valence-electron chi connectivity index (χ1n) is 7.79. The Morgan fingerprint density at radius 1 is 1.38 bits per heavy atom. The number of halogens is 1. The quantitative estimate of drug-likeness (QED) is 0.852. The lowest BCUT2D eigenvalue weighted by atomic mass is 9.88. The smallest absolute Gasteiger partial charge is 0.341 e. The van der Waals surface area contributed by atoms with Crippen molar-refractivity contribution in [3.63, 3.8) is 0 Å². The van der Waals surface area contributed by atoms with Gasteiger partial charge >= 0.3 is 5.97 Å². The molecule has 1 aliphatic rings. The molecular formula is C18H18FNO3S. The average Bonchev–Trinajstić information content (AvgIpc) is 2.90. The molecule has 3 rings (SSSR count). The Morgan fingerprint density at radius 3 is 2.88 bits per heavy atom. The van der Waals surface area contributed by atoms with Crippen molar-refractivity contribution in [3.8, 4) is 0 Å². The third-order valence-electron chi connectivity index (χ3n) is 4.22. The zero-order valence-electron chi connectivity index (χ0n) is 13.5. The van der Waals surface area contributed by atoms with Gasteiger partial charge < -0.3 is 10.1 Å². The molecule has 0 unspecified atom stereocenters. The fourth-order valence-electron chi connectivity index (χ4n) is 2.96. The number of hydrogen-bond donors (Lipinski definition) is 1. The molecule has 1 aliphatic carbocycles. The lowest BCUT2D eigenvalue weighted by Gasteiger charge is -2.18. The Labute approximate surface area is 143 Å². The number of rotatable bonds is 3. The molecule has 0 saturated heterocycles. The van der Waals surface area contributed by atoms with Crippen molar-refractivity contribution >= 4 is 28.2 Å². The van der Waals surface area contributed by atoms with Gasteiger partial charge in [-0.15, -0.1) is 11.3 Å². The number of nitrogens with one attached hydrogen (secondary N) is 1. The van der Waals surface area contributed by atoms with Gasteiger partial charge in [0.15, 0.2) is 0 Å². The molecule has 1 atom stereocenters. The van der Waals surface area contributed by atoms with Crippen LogP contribution in [0.25, 0.3) is 0 Å². The molecule has 2 aromatic rings. The number of methoxy groups -OCH3 is 1. The van der Waals surface area contributed by atoms with Gasteiger partial charge in [0.05, 0.1) is 12.7 Å². The molecule has 0 spiro atoms. The summed E-state index contributed by atoms with van der Waals surface area (Å²) in [6.07, 6.45) is 2.69. The lowest BCUT2D eigenvalue weighted by Crippen LogP contribution is -2.16. The summed E-state index contributed by atoms with van der Waals surface area (Å²) >= 11 is 1.41. The van der Waals surface area contributed by atoms with Crippen LogP contribution in [0.5, 0.6) is 0 Å². The molecule has 1 heterocycles. The Morgan fingerprint density at radius 2 is 2.17 bits per heavy atom. The Kier molecular flexibility index (Phi) is 4.66. The molecule has 0 aliphatic heterocycles. The van der Waals surface area contributed by atoms with Crippen LogP contribution < -0.4 is 5.32 Å². The van der Waals surface area contributed by atoms with Crippen molar-refractivity contribution in [1.82, 2.24) is 0 Å². The van der Waals surface area contributed by atoms with Gasteiger partial charge in [-0.3, -0.25) is 4.79 Å². The molecule has 0 fully saturated rings. The normalized spacial score (nSPS) is 16.4. The monoisotopic (exact) mass is 347 g/mol. The summed E-state index contributed by atoms with van der Waals surface area (Å²) < 4.78 is 18.2. The van der Waals surface area contributed by atoms with E-state index in [1.54, 1.807) is 0 Å². The molecule has 1 amide bonds. The van der Waals surface area contributed by atoms with Crippen LogP contribution in [0.3, 0.4) is 0 Å². The second kappa shape index (κ2) is 6.73. The summed E-state index contributed by atoms with van der Waals surface area (Å²) in [5, 5.41) is 3.24. The van der Waals surface area contributed by atoms with Crippen molar-refractivity contribution < 1.29 is 18.7 Å².